The molecule has 16 heavy (non-hydrogen) atoms. The minimum atomic E-state index is -0.0553. The van der Waals surface area contributed by atoms with E-state index < -0.39 is 0 Å². The lowest BCUT2D eigenvalue weighted by Crippen LogP contribution is -2.46. The van der Waals surface area contributed by atoms with Gasteiger partial charge in [0.2, 0.25) is 0 Å². The van der Waals surface area contributed by atoms with Crippen molar-refractivity contribution in [3.8, 4) is 0 Å². The van der Waals surface area contributed by atoms with E-state index in [0.29, 0.717) is 6.54 Å². The topological polar surface area (TPSA) is 67.2 Å². The monoisotopic (exact) mass is 227 g/mol. The molecule has 0 aromatic carbocycles. The van der Waals surface area contributed by atoms with Crippen molar-refractivity contribution in [2.75, 3.05) is 19.6 Å². The summed E-state index contributed by atoms with van der Waals surface area (Å²) in [6.45, 7) is 4.18. The Bertz CT molecular complexity index is 212. The Morgan fingerprint density at radius 1 is 1.25 bits per heavy atom. The molecule has 4 nitrogen and oxygen atoms in total. The van der Waals surface area contributed by atoms with Gasteiger partial charge in [0.25, 0.3) is 0 Å². The van der Waals surface area contributed by atoms with E-state index in [1.54, 1.807) is 0 Å². The highest BCUT2D eigenvalue weighted by Crippen LogP contribution is 2.34. The maximum absolute atomic E-state index is 11.4. The fourth-order valence-electron chi connectivity index (χ4n) is 2.32. The van der Waals surface area contributed by atoms with E-state index in [-0.39, 0.29) is 11.4 Å². The summed E-state index contributed by atoms with van der Waals surface area (Å²) in [4.78, 5) is 11.4. The normalized spacial score (nSPS) is 19.1. The van der Waals surface area contributed by atoms with Gasteiger partial charge in [-0.2, -0.15) is 0 Å². The van der Waals surface area contributed by atoms with Crippen molar-refractivity contribution in [3.05, 3.63) is 0 Å². The van der Waals surface area contributed by atoms with Crippen molar-refractivity contribution in [3.63, 3.8) is 0 Å². The molecule has 4 heteroatoms. The number of carbonyl (C=O) groups is 1. The van der Waals surface area contributed by atoms with Gasteiger partial charge in [-0.25, -0.2) is 4.79 Å². The van der Waals surface area contributed by atoms with Crippen LogP contribution in [0.2, 0.25) is 0 Å². The van der Waals surface area contributed by atoms with Gasteiger partial charge in [0.05, 0.1) is 0 Å². The molecule has 4 N–H and O–H groups in total. The largest absolute Gasteiger partial charge is 0.338 e. The highest BCUT2D eigenvalue weighted by molar-refractivity contribution is 5.73. The number of rotatable bonds is 5. The zero-order valence-corrected chi connectivity index (χ0v) is 10.3. The molecule has 2 amide bonds. The van der Waals surface area contributed by atoms with E-state index >= 15 is 0 Å². The predicted molar refractivity (Wildman–Crippen MR) is 66.3 cm³/mol. The molecule has 1 rings (SSSR count). The highest BCUT2D eigenvalue weighted by atomic mass is 16.2. The van der Waals surface area contributed by atoms with Gasteiger partial charge < -0.3 is 16.4 Å². The Labute approximate surface area is 98.3 Å². The third-order valence-corrected chi connectivity index (χ3v) is 3.51. The van der Waals surface area contributed by atoms with E-state index in [2.05, 4.69) is 10.6 Å². The Balaban J connectivity index is 2.30. The molecule has 0 aromatic heterocycles. The zero-order valence-electron chi connectivity index (χ0n) is 10.3. The van der Waals surface area contributed by atoms with Gasteiger partial charge in [-0.1, -0.05) is 26.2 Å². The van der Waals surface area contributed by atoms with Crippen molar-refractivity contribution in [2.45, 2.75) is 45.4 Å². The molecule has 1 fully saturated rings. The molecule has 0 heterocycles. The molecule has 0 unspecified atom stereocenters. The van der Waals surface area contributed by atoms with Gasteiger partial charge in [-0.3, -0.25) is 0 Å². The van der Waals surface area contributed by atoms with Crippen LogP contribution in [0.3, 0.4) is 0 Å². The standard InChI is InChI=1S/C12H25N3O/c1-2-8-14-11(16)15-10-12(9-13)6-4-3-5-7-12/h2-10,13H2,1H3,(H2,14,15,16). The molecular formula is C12H25N3O. The first-order chi connectivity index (χ1) is 7.72. The molecule has 0 aliphatic heterocycles. The average Bonchev–Trinajstić information content (AvgIpc) is 2.35. The zero-order chi connectivity index (χ0) is 11.9. The van der Waals surface area contributed by atoms with Crippen LogP contribution in [-0.4, -0.2) is 25.7 Å². The van der Waals surface area contributed by atoms with Crippen LogP contribution in [0.25, 0.3) is 0 Å². The SMILES string of the molecule is CCCNC(=O)NCC1(CN)CCCCC1. The lowest BCUT2D eigenvalue weighted by Gasteiger charge is -2.36. The summed E-state index contributed by atoms with van der Waals surface area (Å²) >= 11 is 0. The molecule has 0 spiro atoms. The lowest BCUT2D eigenvalue weighted by atomic mass is 9.74. The second-order valence-electron chi connectivity index (χ2n) is 4.87. The summed E-state index contributed by atoms with van der Waals surface area (Å²) in [6.07, 6.45) is 7.07. The van der Waals surface area contributed by atoms with Crippen LogP contribution in [0, 0.1) is 5.41 Å². The van der Waals surface area contributed by atoms with Gasteiger partial charge in [0.15, 0.2) is 0 Å². The quantitative estimate of drug-likeness (QED) is 0.668. The Morgan fingerprint density at radius 3 is 2.50 bits per heavy atom. The number of hydrogen-bond donors (Lipinski definition) is 3. The molecule has 1 saturated carbocycles. The van der Waals surface area contributed by atoms with Crippen molar-refractivity contribution in [1.29, 1.82) is 0 Å². The smallest absolute Gasteiger partial charge is 0.314 e. The number of nitrogens with two attached hydrogens (primary N) is 1. The minimum Gasteiger partial charge on any atom is -0.338 e. The van der Waals surface area contributed by atoms with Gasteiger partial charge in [-0.05, 0) is 25.8 Å². The van der Waals surface area contributed by atoms with Crippen LogP contribution in [0.1, 0.15) is 45.4 Å². The first-order valence-corrected chi connectivity index (χ1v) is 6.44. The fourth-order valence-corrected chi connectivity index (χ4v) is 2.32. The van der Waals surface area contributed by atoms with E-state index in [1.807, 2.05) is 6.92 Å². The first kappa shape index (κ1) is 13.3. The number of hydrogen-bond acceptors (Lipinski definition) is 2. The summed E-state index contributed by atoms with van der Waals surface area (Å²) in [5.74, 6) is 0. The predicted octanol–water partition coefficient (Wildman–Crippen LogP) is 1.60. The summed E-state index contributed by atoms with van der Waals surface area (Å²) in [5.41, 5.74) is 6.01. The molecule has 1 aliphatic carbocycles. The van der Waals surface area contributed by atoms with Crippen LogP contribution < -0.4 is 16.4 Å². The average molecular weight is 227 g/mol. The molecular weight excluding hydrogens is 202 g/mol. The van der Waals surface area contributed by atoms with E-state index in [4.69, 9.17) is 5.73 Å². The van der Waals surface area contributed by atoms with Crippen molar-refractivity contribution >= 4 is 6.03 Å². The second kappa shape index (κ2) is 6.74. The Hall–Kier alpha value is -0.770. The molecule has 0 radical (unpaired) electrons. The molecule has 94 valence electrons. The maximum atomic E-state index is 11.4. The van der Waals surface area contributed by atoms with Crippen LogP contribution >= 0.6 is 0 Å². The summed E-state index contributed by atoms with van der Waals surface area (Å²) in [6, 6.07) is -0.0553. The number of amides is 2. The highest BCUT2D eigenvalue weighted by Gasteiger charge is 2.30. The van der Waals surface area contributed by atoms with Crippen LogP contribution in [0.15, 0.2) is 0 Å². The lowest BCUT2D eigenvalue weighted by molar-refractivity contribution is 0.187. The third kappa shape index (κ3) is 4.00. The van der Waals surface area contributed by atoms with E-state index in [1.165, 1.54) is 19.3 Å². The van der Waals surface area contributed by atoms with E-state index in [9.17, 15) is 4.79 Å². The summed E-state index contributed by atoms with van der Waals surface area (Å²) < 4.78 is 0. The van der Waals surface area contributed by atoms with Crippen LogP contribution in [-0.2, 0) is 0 Å². The van der Waals surface area contributed by atoms with Gasteiger partial charge in [-0.15, -0.1) is 0 Å². The Kier molecular flexibility index (Phi) is 5.60. The van der Waals surface area contributed by atoms with Gasteiger partial charge >= 0.3 is 6.03 Å². The molecule has 0 bridgehead atoms. The molecule has 0 aromatic rings. The maximum Gasteiger partial charge on any atom is 0.314 e. The first-order valence-electron chi connectivity index (χ1n) is 6.44. The van der Waals surface area contributed by atoms with Gasteiger partial charge in [0, 0.05) is 18.5 Å². The van der Waals surface area contributed by atoms with Crippen molar-refractivity contribution < 1.29 is 4.79 Å². The summed E-state index contributed by atoms with van der Waals surface area (Å²) in [5, 5.41) is 5.77. The molecule has 0 atom stereocenters. The minimum absolute atomic E-state index is 0.0553. The van der Waals surface area contributed by atoms with Crippen LogP contribution in [0.4, 0.5) is 4.79 Å². The van der Waals surface area contributed by atoms with Crippen LogP contribution in [0.5, 0.6) is 0 Å². The summed E-state index contributed by atoms with van der Waals surface area (Å²) in [7, 11) is 0. The Morgan fingerprint density at radius 2 is 1.94 bits per heavy atom. The number of urea groups is 1. The van der Waals surface area contributed by atoms with Crippen molar-refractivity contribution in [1.82, 2.24) is 10.6 Å². The number of carbonyl (C=O) groups excluding carboxylic acids is 1. The fraction of sp³-hybridized carbons (Fsp3) is 0.917. The number of nitrogens with one attached hydrogen (secondary N) is 2. The second-order valence-corrected chi connectivity index (χ2v) is 4.87. The van der Waals surface area contributed by atoms with Gasteiger partial charge in [0.1, 0.15) is 0 Å². The molecule has 1 aliphatic rings. The molecule has 0 saturated heterocycles. The third-order valence-electron chi connectivity index (χ3n) is 3.51. The van der Waals surface area contributed by atoms with E-state index in [0.717, 1.165) is 32.4 Å². The van der Waals surface area contributed by atoms with Crippen molar-refractivity contribution in [2.24, 2.45) is 11.1 Å².